The van der Waals surface area contributed by atoms with Crippen LogP contribution in [0, 0.1) is 5.82 Å². The van der Waals surface area contributed by atoms with E-state index in [0.717, 1.165) is 5.75 Å². The van der Waals surface area contributed by atoms with E-state index in [0.29, 0.717) is 17.0 Å². The standard InChI is InChI=1S/C14H14FNO2/c1-17-13-2-4-14(5-3-13)18-9-10-6-11(15)8-12(16)7-10/h2-8H,9,16H2,1H3. The highest BCUT2D eigenvalue weighted by Gasteiger charge is 2.00. The van der Waals surface area contributed by atoms with Gasteiger partial charge in [0, 0.05) is 5.69 Å². The summed E-state index contributed by atoms with van der Waals surface area (Å²) in [6, 6.07) is 11.6. The maximum Gasteiger partial charge on any atom is 0.125 e. The maximum absolute atomic E-state index is 13.1. The number of benzene rings is 2. The number of ether oxygens (including phenoxy) is 2. The van der Waals surface area contributed by atoms with Crippen LogP contribution >= 0.6 is 0 Å². The Hall–Kier alpha value is -2.23. The number of methoxy groups -OCH3 is 1. The van der Waals surface area contributed by atoms with Crippen molar-refractivity contribution in [3.8, 4) is 11.5 Å². The zero-order valence-corrected chi connectivity index (χ0v) is 10.0. The molecule has 0 heterocycles. The summed E-state index contributed by atoms with van der Waals surface area (Å²) < 4.78 is 23.7. The van der Waals surface area contributed by atoms with E-state index in [1.54, 1.807) is 37.4 Å². The molecule has 0 saturated carbocycles. The summed E-state index contributed by atoms with van der Waals surface area (Å²) in [5.41, 5.74) is 6.64. The molecule has 4 heteroatoms. The van der Waals surface area contributed by atoms with Gasteiger partial charge in [-0.3, -0.25) is 0 Å². The first-order valence-electron chi connectivity index (χ1n) is 5.49. The molecule has 0 bridgehead atoms. The van der Waals surface area contributed by atoms with Gasteiger partial charge in [0.1, 0.15) is 23.9 Å². The molecule has 2 aromatic carbocycles. The maximum atomic E-state index is 13.1. The first kappa shape index (κ1) is 12.2. The van der Waals surface area contributed by atoms with E-state index in [1.807, 2.05) is 0 Å². The van der Waals surface area contributed by atoms with Crippen LogP contribution in [0.3, 0.4) is 0 Å². The summed E-state index contributed by atoms with van der Waals surface area (Å²) in [5.74, 6) is 1.10. The second kappa shape index (κ2) is 5.40. The van der Waals surface area contributed by atoms with Gasteiger partial charge in [-0.1, -0.05) is 0 Å². The van der Waals surface area contributed by atoms with E-state index in [4.69, 9.17) is 15.2 Å². The van der Waals surface area contributed by atoms with Crippen LogP contribution in [0.25, 0.3) is 0 Å². The highest BCUT2D eigenvalue weighted by atomic mass is 19.1. The number of nitrogen functional groups attached to an aromatic ring is 1. The lowest BCUT2D eigenvalue weighted by molar-refractivity contribution is 0.305. The molecule has 2 rings (SSSR count). The monoisotopic (exact) mass is 247 g/mol. The van der Waals surface area contributed by atoms with E-state index in [9.17, 15) is 4.39 Å². The molecule has 0 atom stereocenters. The molecule has 0 spiro atoms. The van der Waals surface area contributed by atoms with Crippen LogP contribution in [0.4, 0.5) is 10.1 Å². The molecule has 0 aliphatic rings. The molecular weight excluding hydrogens is 233 g/mol. The predicted octanol–water partition coefficient (Wildman–Crippen LogP) is 3.00. The van der Waals surface area contributed by atoms with Crippen LogP contribution in [0.2, 0.25) is 0 Å². The van der Waals surface area contributed by atoms with Crippen molar-refractivity contribution >= 4 is 5.69 Å². The molecule has 18 heavy (non-hydrogen) atoms. The van der Waals surface area contributed by atoms with Crippen molar-refractivity contribution < 1.29 is 13.9 Å². The van der Waals surface area contributed by atoms with E-state index < -0.39 is 0 Å². The van der Waals surface area contributed by atoms with Gasteiger partial charge in [-0.2, -0.15) is 0 Å². The molecule has 3 nitrogen and oxygen atoms in total. The molecule has 0 aromatic heterocycles. The Morgan fingerprint density at radius 2 is 1.72 bits per heavy atom. The van der Waals surface area contributed by atoms with Crippen LogP contribution in [0.15, 0.2) is 42.5 Å². The number of nitrogens with two attached hydrogens (primary N) is 1. The Morgan fingerprint density at radius 1 is 1.06 bits per heavy atom. The lowest BCUT2D eigenvalue weighted by atomic mass is 10.2. The second-order valence-corrected chi connectivity index (χ2v) is 3.86. The smallest absolute Gasteiger partial charge is 0.125 e. The van der Waals surface area contributed by atoms with Crippen LogP contribution in [-0.4, -0.2) is 7.11 Å². The summed E-state index contributed by atoms with van der Waals surface area (Å²) in [6.45, 7) is 0.272. The molecule has 0 unspecified atom stereocenters. The van der Waals surface area contributed by atoms with Gasteiger partial charge in [0.25, 0.3) is 0 Å². The Labute approximate surface area is 105 Å². The number of hydrogen-bond acceptors (Lipinski definition) is 3. The first-order valence-corrected chi connectivity index (χ1v) is 5.49. The predicted molar refractivity (Wildman–Crippen MR) is 68.1 cm³/mol. The van der Waals surface area contributed by atoms with Crippen molar-refractivity contribution in [1.29, 1.82) is 0 Å². The lowest BCUT2D eigenvalue weighted by Gasteiger charge is -2.08. The van der Waals surface area contributed by atoms with Gasteiger partial charge in [-0.25, -0.2) is 4.39 Å². The van der Waals surface area contributed by atoms with Gasteiger partial charge in [0.05, 0.1) is 7.11 Å². The van der Waals surface area contributed by atoms with Gasteiger partial charge in [0.15, 0.2) is 0 Å². The Balaban J connectivity index is 2.01. The van der Waals surface area contributed by atoms with Crippen molar-refractivity contribution in [3.05, 3.63) is 53.8 Å². The minimum Gasteiger partial charge on any atom is -0.497 e. The fourth-order valence-electron chi connectivity index (χ4n) is 1.60. The van der Waals surface area contributed by atoms with Gasteiger partial charge in [-0.15, -0.1) is 0 Å². The Morgan fingerprint density at radius 3 is 2.33 bits per heavy atom. The summed E-state index contributed by atoms with van der Waals surface area (Å²) >= 11 is 0. The number of hydrogen-bond donors (Lipinski definition) is 1. The fraction of sp³-hybridized carbons (Fsp3) is 0.143. The summed E-state index contributed by atoms with van der Waals surface area (Å²) in [4.78, 5) is 0. The van der Waals surface area contributed by atoms with Gasteiger partial charge in [-0.05, 0) is 48.0 Å². The average Bonchev–Trinajstić information content (AvgIpc) is 2.36. The molecule has 2 N–H and O–H groups in total. The van der Waals surface area contributed by atoms with Gasteiger partial charge >= 0.3 is 0 Å². The third-order valence-corrected chi connectivity index (χ3v) is 2.44. The normalized spacial score (nSPS) is 10.1. The minimum absolute atomic E-state index is 0.272. The third-order valence-electron chi connectivity index (χ3n) is 2.44. The van der Waals surface area contributed by atoms with Crippen molar-refractivity contribution in [2.45, 2.75) is 6.61 Å². The molecule has 0 aliphatic heterocycles. The molecule has 0 radical (unpaired) electrons. The second-order valence-electron chi connectivity index (χ2n) is 3.86. The SMILES string of the molecule is COc1ccc(OCc2cc(N)cc(F)c2)cc1. The lowest BCUT2D eigenvalue weighted by Crippen LogP contribution is -1.98. The molecule has 0 amide bonds. The highest BCUT2D eigenvalue weighted by molar-refractivity contribution is 5.41. The van der Waals surface area contributed by atoms with E-state index in [1.165, 1.54) is 12.1 Å². The van der Waals surface area contributed by atoms with Crippen molar-refractivity contribution in [1.82, 2.24) is 0 Å². The molecule has 2 aromatic rings. The summed E-state index contributed by atoms with van der Waals surface area (Å²) in [7, 11) is 1.60. The Bertz CT molecular complexity index is 506. The van der Waals surface area contributed by atoms with Crippen molar-refractivity contribution in [2.24, 2.45) is 0 Å². The molecule has 0 fully saturated rings. The molecule has 0 saturated heterocycles. The zero-order valence-electron chi connectivity index (χ0n) is 10.0. The van der Waals surface area contributed by atoms with Crippen molar-refractivity contribution in [2.75, 3.05) is 12.8 Å². The Kier molecular flexibility index (Phi) is 3.67. The summed E-state index contributed by atoms with van der Waals surface area (Å²) in [6.07, 6.45) is 0. The number of anilines is 1. The molecule has 94 valence electrons. The highest BCUT2D eigenvalue weighted by Crippen LogP contribution is 2.19. The van der Waals surface area contributed by atoms with Crippen LogP contribution < -0.4 is 15.2 Å². The van der Waals surface area contributed by atoms with Crippen LogP contribution in [-0.2, 0) is 6.61 Å². The average molecular weight is 247 g/mol. The van der Waals surface area contributed by atoms with E-state index in [-0.39, 0.29) is 12.4 Å². The fourth-order valence-corrected chi connectivity index (χ4v) is 1.60. The van der Waals surface area contributed by atoms with Gasteiger partial charge in [0.2, 0.25) is 0 Å². The first-order chi connectivity index (χ1) is 8.67. The van der Waals surface area contributed by atoms with E-state index in [2.05, 4.69) is 0 Å². The topological polar surface area (TPSA) is 44.5 Å². The number of halogens is 1. The molecular formula is C14H14FNO2. The quantitative estimate of drug-likeness (QED) is 0.845. The van der Waals surface area contributed by atoms with Crippen LogP contribution in [0.1, 0.15) is 5.56 Å². The largest absolute Gasteiger partial charge is 0.497 e. The third kappa shape index (κ3) is 3.13. The summed E-state index contributed by atoms with van der Waals surface area (Å²) in [5, 5.41) is 0. The minimum atomic E-state index is -0.358. The van der Waals surface area contributed by atoms with E-state index >= 15 is 0 Å². The van der Waals surface area contributed by atoms with Gasteiger partial charge < -0.3 is 15.2 Å². The number of rotatable bonds is 4. The molecule has 0 aliphatic carbocycles. The van der Waals surface area contributed by atoms with Crippen LogP contribution in [0.5, 0.6) is 11.5 Å². The zero-order chi connectivity index (χ0) is 13.0. The van der Waals surface area contributed by atoms with Crippen molar-refractivity contribution in [3.63, 3.8) is 0 Å².